The highest BCUT2D eigenvalue weighted by Crippen LogP contribution is 2.28. The van der Waals surface area contributed by atoms with E-state index in [9.17, 15) is 9.50 Å². The first-order valence-electron chi connectivity index (χ1n) is 5.71. The van der Waals surface area contributed by atoms with Crippen LogP contribution in [-0.2, 0) is 10.3 Å². The average molecular weight is 241 g/mol. The molecule has 0 aliphatic heterocycles. The van der Waals surface area contributed by atoms with Gasteiger partial charge in [0.05, 0.1) is 6.61 Å². The molecule has 0 bridgehead atoms. The molecule has 0 heterocycles. The van der Waals surface area contributed by atoms with E-state index in [1.165, 1.54) is 19.2 Å². The Morgan fingerprint density at radius 3 is 2.65 bits per heavy atom. The number of hydrogen-bond donors (Lipinski definition) is 2. The van der Waals surface area contributed by atoms with Crippen LogP contribution in [0.4, 0.5) is 4.39 Å². The first kappa shape index (κ1) is 14.1. The Bertz CT molecular complexity index is 350. The Kier molecular flexibility index (Phi) is 5.05. The minimum absolute atomic E-state index is 0.135. The van der Waals surface area contributed by atoms with Crippen LogP contribution in [0.25, 0.3) is 0 Å². The summed E-state index contributed by atoms with van der Waals surface area (Å²) in [7, 11) is 1.51. The first-order chi connectivity index (χ1) is 8.01. The van der Waals surface area contributed by atoms with Gasteiger partial charge in [-0.3, -0.25) is 0 Å². The van der Waals surface area contributed by atoms with Crippen LogP contribution in [0.1, 0.15) is 24.0 Å². The number of rotatable bonds is 6. The zero-order valence-electron chi connectivity index (χ0n) is 10.4. The SMILES string of the molecule is COCC(O)(CCCN)c1cc(C)cc(F)c1. The summed E-state index contributed by atoms with van der Waals surface area (Å²) in [6.07, 6.45) is 1.12. The van der Waals surface area contributed by atoms with Gasteiger partial charge in [0.25, 0.3) is 0 Å². The topological polar surface area (TPSA) is 55.5 Å². The molecule has 1 aromatic carbocycles. The van der Waals surface area contributed by atoms with Crippen LogP contribution in [0.3, 0.4) is 0 Å². The van der Waals surface area contributed by atoms with Gasteiger partial charge < -0.3 is 15.6 Å². The van der Waals surface area contributed by atoms with E-state index in [-0.39, 0.29) is 12.4 Å². The van der Waals surface area contributed by atoms with Gasteiger partial charge in [-0.25, -0.2) is 4.39 Å². The van der Waals surface area contributed by atoms with Crippen LogP contribution in [0.15, 0.2) is 18.2 Å². The van der Waals surface area contributed by atoms with E-state index in [1.807, 2.05) is 0 Å². The molecule has 0 saturated carbocycles. The van der Waals surface area contributed by atoms with E-state index in [4.69, 9.17) is 10.5 Å². The molecule has 0 amide bonds. The van der Waals surface area contributed by atoms with Crippen molar-refractivity contribution in [3.8, 4) is 0 Å². The van der Waals surface area contributed by atoms with Gasteiger partial charge in [0.1, 0.15) is 11.4 Å². The lowest BCUT2D eigenvalue weighted by Crippen LogP contribution is -2.32. The molecule has 0 spiro atoms. The van der Waals surface area contributed by atoms with Gasteiger partial charge in [-0.15, -0.1) is 0 Å². The molecule has 17 heavy (non-hydrogen) atoms. The summed E-state index contributed by atoms with van der Waals surface area (Å²) in [5, 5.41) is 10.5. The third kappa shape index (κ3) is 3.77. The second-order valence-electron chi connectivity index (χ2n) is 4.37. The largest absolute Gasteiger partial charge is 0.383 e. The average Bonchev–Trinajstić information content (AvgIpc) is 2.25. The number of benzene rings is 1. The number of methoxy groups -OCH3 is 1. The Morgan fingerprint density at radius 2 is 2.12 bits per heavy atom. The van der Waals surface area contributed by atoms with Gasteiger partial charge in [0, 0.05) is 7.11 Å². The lowest BCUT2D eigenvalue weighted by atomic mass is 9.89. The maximum atomic E-state index is 13.3. The van der Waals surface area contributed by atoms with Crippen molar-refractivity contribution in [2.45, 2.75) is 25.4 Å². The Balaban J connectivity index is 3.02. The number of aliphatic hydroxyl groups is 1. The Morgan fingerprint density at radius 1 is 1.41 bits per heavy atom. The second kappa shape index (κ2) is 6.10. The highest BCUT2D eigenvalue weighted by Gasteiger charge is 2.29. The number of aryl methyl sites for hydroxylation is 1. The zero-order valence-corrected chi connectivity index (χ0v) is 10.4. The van der Waals surface area contributed by atoms with Crippen LogP contribution in [0.5, 0.6) is 0 Å². The van der Waals surface area contributed by atoms with Crippen molar-refractivity contribution < 1.29 is 14.2 Å². The molecule has 3 N–H and O–H groups in total. The van der Waals surface area contributed by atoms with Crippen molar-refractivity contribution in [1.29, 1.82) is 0 Å². The molecule has 4 heteroatoms. The molecule has 0 saturated heterocycles. The molecule has 96 valence electrons. The van der Waals surface area contributed by atoms with Crippen LogP contribution >= 0.6 is 0 Å². The minimum atomic E-state index is -1.17. The van der Waals surface area contributed by atoms with Gasteiger partial charge in [0.15, 0.2) is 0 Å². The summed E-state index contributed by atoms with van der Waals surface area (Å²) in [6, 6.07) is 4.56. The van der Waals surface area contributed by atoms with E-state index in [0.29, 0.717) is 24.9 Å². The lowest BCUT2D eigenvalue weighted by molar-refractivity contribution is -0.0431. The van der Waals surface area contributed by atoms with Crippen molar-refractivity contribution >= 4 is 0 Å². The second-order valence-corrected chi connectivity index (χ2v) is 4.37. The van der Waals surface area contributed by atoms with Gasteiger partial charge in [-0.2, -0.15) is 0 Å². The molecule has 1 rings (SSSR count). The van der Waals surface area contributed by atoms with Crippen LogP contribution in [0, 0.1) is 12.7 Å². The molecular weight excluding hydrogens is 221 g/mol. The smallest absolute Gasteiger partial charge is 0.123 e. The van der Waals surface area contributed by atoms with Crippen molar-refractivity contribution in [3.05, 3.63) is 35.1 Å². The van der Waals surface area contributed by atoms with E-state index < -0.39 is 5.60 Å². The summed E-state index contributed by atoms with van der Waals surface area (Å²) in [5.74, 6) is -0.345. The van der Waals surface area contributed by atoms with Crippen LogP contribution in [-0.4, -0.2) is 25.4 Å². The van der Waals surface area contributed by atoms with E-state index >= 15 is 0 Å². The molecule has 0 fully saturated rings. The Hall–Kier alpha value is -0.970. The van der Waals surface area contributed by atoms with Crippen molar-refractivity contribution in [2.24, 2.45) is 5.73 Å². The third-order valence-corrected chi connectivity index (χ3v) is 2.76. The number of halogens is 1. The summed E-state index contributed by atoms with van der Waals surface area (Å²) in [5.41, 5.74) is 5.60. The third-order valence-electron chi connectivity index (χ3n) is 2.76. The van der Waals surface area contributed by atoms with Crippen LogP contribution in [0.2, 0.25) is 0 Å². The summed E-state index contributed by atoms with van der Waals surface area (Å²) in [4.78, 5) is 0. The fourth-order valence-corrected chi connectivity index (χ4v) is 1.94. The van der Waals surface area contributed by atoms with E-state index in [1.54, 1.807) is 13.0 Å². The number of ether oxygens (including phenoxy) is 1. The van der Waals surface area contributed by atoms with Gasteiger partial charge in [0.2, 0.25) is 0 Å². The first-order valence-corrected chi connectivity index (χ1v) is 5.71. The van der Waals surface area contributed by atoms with Crippen LogP contribution < -0.4 is 5.73 Å². The Labute approximate surface area is 101 Å². The molecular formula is C13H20FNO2. The quantitative estimate of drug-likeness (QED) is 0.797. The lowest BCUT2D eigenvalue weighted by Gasteiger charge is -2.28. The van der Waals surface area contributed by atoms with Crippen molar-refractivity contribution in [2.75, 3.05) is 20.3 Å². The molecule has 0 aliphatic rings. The zero-order chi connectivity index (χ0) is 12.9. The summed E-state index contributed by atoms with van der Waals surface area (Å²) < 4.78 is 18.4. The molecule has 1 atom stereocenters. The molecule has 0 aliphatic carbocycles. The summed E-state index contributed by atoms with van der Waals surface area (Å²) >= 11 is 0. The molecule has 1 aromatic rings. The normalized spacial score (nSPS) is 14.6. The van der Waals surface area contributed by atoms with Gasteiger partial charge in [-0.1, -0.05) is 6.07 Å². The monoisotopic (exact) mass is 241 g/mol. The highest BCUT2D eigenvalue weighted by molar-refractivity contribution is 5.28. The van der Waals surface area contributed by atoms with Gasteiger partial charge in [-0.05, 0) is 49.6 Å². The fraction of sp³-hybridized carbons (Fsp3) is 0.538. The van der Waals surface area contributed by atoms with E-state index in [2.05, 4.69) is 0 Å². The minimum Gasteiger partial charge on any atom is -0.383 e. The van der Waals surface area contributed by atoms with Crippen molar-refractivity contribution in [1.82, 2.24) is 0 Å². The summed E-state index contributed by atoms with van der Waals surface area (Å²) in [6.45, 7) is 2.42. The fourth-order valence-electron chi connectivity index (χ4n) is 1.94. The maximum absolute atomic E-state index is 13.3. The number of hydrogen-bond acceptors (Lipinski definition) is 3. The maximum Gasteiger partial charge on any atom is 0.123 e. The molecule has 3 nitrogen and oxygen atoms in total. The highest BCUT2D eigenvalue weighted by atomic mass is 19.1. The predicted octanol–water partition coefficient (Wildman–Crippen LogP) is 1.71. The molecule has 0 aromatic heterocycles. The molecule has 1 unspecified atom stereocenters. The van der Waals surface area contributed by atoms with Gasteiger partial charge >= 0.3 is 0 Å². The van der Waals surface area contributed by atoms with E-state index in [0.717, 1.165) is 5.56 Å². The predicted molar refractivity (Wildman–Crippen MR) is 65.2 cm³/mol. The van der Waals surface area contributed by atoms with Crippen molar-refractivity contribution in [3.63, 3.8) is 0 Å². The number of nitrogens with two attached hydrogens (primary N) is 1. The standard InChI is InChI=1S/C13H20FNO2/c1-10-6-11(8-12(14)7-10)13(16,9-17-2)4-3-5-15/h6-8,16H,3-5,9,15H2,1-2H3. The molecule has 0 radical (unpaired) electrons.